The Hall–Kier alpha value is -4.12. The molecule has 41 heavy (non-hydrogen) atoms. The number of ether oxygens (including phenoxy) is 2. The Labute approximate surface area is 240 Å². The van der Waals surface area contributed by atoms with Gasteiger partial charge in [0.15, 0.2) is 0 Å². The molecule has 2 aliphatic rings. The highest BCUT2D eigenvalue weighted by Gasteiger charge is 2.24. The van der Waals surface area contributed by atoms with Crippen LogP contribution in [0.4, 0.5) is 0 Å². The average Bonchev–Trinajstić information content (AvgIpc) is 3.54. The minimum Gasteiger partial charge on any atom is -0.478 e. The lowest BCUT2D eigenvalue weighted by Crippen LogP contribution is -2.33. The summed E-state index contributed by atoms with van der Waals surface area (Å²) in [5.41, 5.74) is 5.05. The molecule has 9 nitrogen and oxygen atoms in total. The smallest absolute Gasteiger partial charge is 0.335 e. The Kier molecular flexibility index (Phi) is 6.95. The molecule has 1 N–H and O–H groups in total. The van der Waals surface area contributed by atoms with Crippen LogP contribution in [0.1, 0.15) is 39.7 Å². The molecule has 0 saturated carbocycles. The van der Waals surface area contributed by atoms with Crippen molar-refractivity contribution < 1.29 is 19.4 Å². The van der Waals surface area contributed by atoms with Crippen molar-refractivity contribution in [3.8, 4) is 5.88 Å². The first kappa shape index (κ1) is 25.8. The summed E-state index contributed by atoms with van der Waals surface area (Å²) in [6, 6.07) is 19.1. The maximum Gasteiger partial charge on any atom is 0.335 e. The van der Waals surface area contributed by atoms with Gasteiger partial charge in [0, 0.05) is 25.8 Å². The standard InChI is InChI=1S/C31H29N5O4S/c37-31(38)21-8-9-24-26(16-21)36(17-22-12-15-39-22)28(32-24)18-35-13-10-20(11-14-35)23-5-3-7-29(33-23)40-19-30-34-25-4-1-2-6-27(25)41-30/h1-10,16,22H,11-15,17-19H2,(H,37,38)/t22-/m0/s1. The molecule has 3 aromatic heterocycles. The fourth-order valence-corrected chi connectivity index (χ4v) is 6.22. The number of thiazole rings is 1. The number of fused-ring (bicyclic) bond motifs is 2. The second-order valence-corrected chi connectivity index (χ2v) is 11.5. The minimum absolute atomic E-state index is 0.141. The van der Waals surface area contributed by atoms with Gasteiger partial charge in [-0.1, -0.05) is 24.3 Å². The molecule has 0 bridgehead atoms. The Balaban J connectivity index is 1.04. The third-order valence-electron chi connectivity index (χ3n) is 7.65. The van der Waals surface area contributed by atoms with Crippen LogP contribution in [0.3, 0.4) is 0 Å². The van der Waals surface area contributed by atoms with E-state index in [1.165, 1.54) is 5.57 Å². The summed E-state index contributed by atoms with van der Waals surface area (Å²) in [6.07, 6.45) is 4.24. The van der Waals surface area contributed by atoms with Crippen molar-refractivity contribution in [2.24, 2.45) is 0 Å². The Morgan fingerprint density at radius 2 is 1.98 bits per heavy atom. The van der Waals surface area contributed by atoms with Crippen molar-refractivity contribution in [1.82, 2.24) is 24.4 Å². The van der Waals surface area contributed by atoms with Gasteiger partial charge in [-0.05, 0) is 54.8 Å². The van der Waals surface area contributed by atoms with Crippen LogP contribution >= 0.6 is 11.3 Å². The number of benzene rings is 2. The van der Waals surface area contributed by atoms with Crippen LogP contribution in [-0.4, -0.2) is 61.3 Å². The van der Waals surface area contributed by atoms with E-state index >= 15 is 0 Å². The molecule has 7 rings (SSSR count). The van der Waals surface area contributed by atoms with Crippen molar-refractivity contribution in [3.05, 3.63) is 88.8 Å². The summed E-state index contributed by atoms with van der Waals surface area (Å²) in [5.74, 6) is 0.589. The Bertz CT molecular complexity index is 1740. The lowest BCUT2D eigenvalue weighted by Gasteiger charge is -2.29. The monoisotopic (exact) mass is 567 g/mol. The molecule has 208 valence electrons. The quantitative estimate of drug-likeness (QED) is 0.253. The van der Waals surface area contributed by atoms with Gasteiger partial charge in [-0.15, -0.1) is 11.3 Å². The van der Waals surface area contributed by atoms with E-state index in [1.807, 2.05) is 36.4 Å². The highest BCUT2D eigenvalue weighted by atomic mass is 32.1. The summed E-state index contributed by atoms with van der Waals surface area (Å²) < 4.78 is 15.0. The number of carboxylic acid groups (broad SMARTS) is 1. The number of imidazole rings is 1. The maximum atomic E-state index is 11.6. The molecule has 0 spiro atoms. The lowest BCUT2D eigenvalue weighted by molar-refractivity contribution is -0.0591. The Morgan fingerprint density at radius 1 is 1.07 bits per heavy atom. The first-order valence-corrected chi connectivity index (χ1v) is 14.6. The summed E-state index contributed by atoms with van der Waals surface area (Å²) >= 11 is 1.64. The Morgan fingerprint density at radius 3 is 2.76 bits per heavy atom. The number of rotatable bonds is 9. The number of para-hydroxylation sites is 1. The van der Waals surface area contributed by atoms with E-state index in [0.717, 1.165) is 70.3 Å². The van der Waals surface area contributed by atoms with Crippen LogP contribution in [0, 0.1) is 0 Å². The number of carboxylic acids is 1. The van der Waals surface area contributed by atoms with Crippen molar-refractivity contribution in [2.75, 3.05) is 19.7 Å². The second kappa shape index (κ2) is 11.0. The third-order valence-corrected chi connectivity index (χ3v) is 8.66. The van der Waals surface area contributed by atoms with E-state index in [1.54, 1.807) is 29.5 Å². The van der Waals surface area contributed by atoms with Crippen LogP contribution in [0.5, 0.6) is 5.88 Å². The normalized spacial score (nSPS) is 17.5. The summed E-state index contributed by atoms with van der Waals surface area (Å²) in [4.78, 5) is 28.3. The van der Waals surface area contributed by atoms with Crippen LogP contribution in [0.15, 0.2) is 66.7 Å². The number of carbonyl (C=O) groups is 1. The van der Waals surface area contributed by atoms with E-state index < -0.39 is 5.97 Å². The molecule has 0 aliphatic carbocycles. The molecular weight excluding hydrogens is 538 g/mol. The maximum absolute atomic E-state index is 11.6. The van der Waals surface area contributed by atoms with Gasteiger partial charge < -0.3 is 19.1 Å². The minimum atomic E-state index is -0.936. The molecule has 1 atom stereocenters. The fraction of sp³-hybridized carbons (Fsp3) is 0.290. The molecule has 0 unspecified atom stereocenters. The number of aromatic carboxylic acids is 1. The van der Waals surface area contributed by atoms with Gasteiger partial charge in [0.1, 0.15) is 17.4 Å². The van der Waals surface area contributed by atoms with Gasteiger partial charge in [-0.25, -0.2) is 19.7 Å². The average molecular weight is 568 g/mol. The molecule has 10 heteroatoms. The predicted octanol–water partition coefficient (Wildman–Crippen LogP) is 5.40. The van der Waals surface area contributed by atoms with E-state index in [9.17, 15) is 9.90 Å². The van der Waals surface area contributed by atoms with E-state index in [4.69, 9.17) is 19.4 Å². The zero-order chi connectivity index (χ0) is 27.8. The first-order valence-electron chi connectivity index (χ1n) is 13.8. The number of hydrogen-bond donors (Lipinski definition) is 1. The van der Waals surface area contributed by atoms with Gasteiger partial charge in [0.25, 0.3) is 0 Å². The zero-order valence-electron chi connectivity index (χ0n) is 22.4. The van der Waals surface area contributed by atoms with Crippen LogP contribution < -0.4 is 4.74 Å². The highest BCUT2D eigenvalue weighted by Crippen LogP contribution is 2.27. The van der Waals surface area contributed by atoms with Crippen LogP contribution in [0.25, 0.3) is 26.8 Å². The van der Waals surface area contributed by atoms with Crippen molar-refractivity contribution in [3.63, 3.8) is 0 Å². The largest absolute Gasteiger partial charge is 0.478 e. The van der Waals surface area contributed by atoms with E-state index in [0.29, 0.717) is 25.6 Å². The SMILES string of the molecule is O=C(O)c1ccc2nc(CN3CC=C(c4cccc(OCc5nc6ccccc6s5)n4)CC3)n(C[C@@H]3CCO3)c2c1. The van der Waals surface area contributed by atoms with Crippen molar-refractivity contribution in [2.45, 2.75) is 38.6 Å². The number of nitrogens with zero attached hydrogens (tertiary/aromatic N) is 5. The summed E-state index contributed by atoms with van der Waals surface area (Å²) in [6.45, 7) is 4.16. The molecule has 5 aromatic rings. The fourth-order valence-electron chi connectivity index (χ4n) is 5.34. The van der Waals surface area contributed by atoms with E-state index in [2.05, 4.69) is 26.6 Å². The van der Waals surface area contributed by atoms with Gasteiger partial charge in [0.05, 0.1) is 51.7 Å². The summed E-state index contributed by atoms with van der Waals surface area (Å²) in [5, 5.41) is 10.4. The van der Waals surface area contributed by atoms with Gasteiger partial charge in [0.2, 0.25) is 5.88 Å². The van der Waals surface area contributed by atoms with Gasteiger partial charge in [-0.3, -0.25) is 4.90 Å². The molecule has 1 fully saturated rings. The molecule has 5 heterocycles. The topological polar surface area (TPSA) is 103 Å². The van der Waals surface area contributed by atoms with Crippen molar-refractivity contribution in [1.29, 1.82) is 0 Å². The molecule has 1 saturated heterocycles. The molecular formula is C31H29N5O4S. The third kappa shape index (κ3) is 5.46. The molecule has 0 radical (unpaired) electrons. The zero-order valence-corrected chi connectivity index (χ0v) is 23.2. The van der Waals surface area contributed by atoms with Gasteiger partial charge in [-0.2, -0.15) is 0 Å². The highest BCUT2D eigenvalue weighted by molar-refractivity contribution is 7.18. The molecule has 2 aromatic carbocycles. The van der Waals surface area contributed by atoms with Crippen LogP contribution in [-0.2, 0) is 24.4 Å². The van der Waals surface area contributed by atoms with E-state index in [-0.39, 0.29) is 11.7 Å². The molecule has 0 amide bonds. The number of hydrogen-bond acceptors (Lipinski definition) is 8. The summed E-state index contributed by atoms with van der Waals surface area (Å²) in [7, 11) is 0. The molecule has 2 aliphatic heterocycles. The first-order chi connectivity index (χ1) is 20.1. The second-order valence-electron chi connectivity index (χ2n) is 10.4. The number of pyridine rings is 1. The number of aromatic nitrogens is 4. The van der Waals surface area contributed by atoms with Gasteiger partial charge >= 0.3 is 5.97 Å². The van der Waals surface area contributed by atoms with Crippen molar-refractivity contribution >= 4 is 44.1 Å². The predicted molar refractivity (Wildman–Crippen MR) is 157 cm³/mol. The van der Waals surface area contributed by atoms with Crippen LogP contribution in [0.2, 0.25) is 0 Å². The lowest BCUT2D eigenvalue weighted by atomic mass is 10.0.